The summed E-state index contributed by atoms with van der Waals surface area (Å²) >= 11 is 5.95. The first-order chi connectivity index (χ1) is 13.7. The van der Waals surface area contributed by atoms with E-state index in [9.17, 15) is 18.0 Å². The van der Waals surface area contributed by atoms with E-state index in [1.807, 2.05) is 18.2 Å². The van der Waals surface area contributed by atoms with Crippen molar-refractivity contribution in [3.05, 3.63) is 53.1 Å². The van der Waals surface area contributed by atoms with Crippen molar-refractivity contribution in [3.63, 3.8) is 0 Å². The monoisotopic (exact) mass is 433 g/mol. The zero-order valence-electron chi connectivity index (χ0n) is 15.7. The molecule has 1 saturated heterocycles. The molecule has 1 fully saturated rings. The van der Waals surface area contributed by atoms with Crippen LogP contribution in [0.15, 0.2) is 42.5 Å². The van der Waals surface area contributed by atoms with E-state index in [1.165, 1.54) is 4.90 Å². The number of amides is 2. The molecule has 2 aliphatic heterocycles. The molecule has 0 radical (unpaired) electrons. The van der Waals surface area contributed by atoms with E-state index in [1.54, 1.807) is 24.3 Å². The molecule has 2 aromatic carbocycles. The van der Waals surface area contributed by atoms with Gasteiger partial charge < -0.3 is 10.2 Å². The lowest BCUT2D eigenvalue weighted by atomic mass is 9.96. The van der Waals surface area contributed by atoms with E-state index in [-0.39, 0.29) is 24.3 Å². The van der Waals surface area contributed by atoms with Crippen molar-refractivity contribution in [2.75, 3.05) is 18.1 Å². The standard InChI is InChI=1S/C20H20ClN3O4S/c1-29(27,28)23-15-8-9-24-18(11-15)19(25)22-17-7-4-13(10-16(17)20(24)26)12-2-5-14(21)6-3-12/h2-7,10,15,18,23H,8-9,11H2,1H3,(H,22,25)/t15-,18+/m1/s1. The molecule has 0 unspecified atom stereocenters. The minimum Gasteiger partial charge on any atom is -0.326 e. The number of anilines is 1. The highest BCUT2D eigenvalue weighted by atomic mass is 35.5. The second-order valence-electron chi connectivity index (χ2n) is 7.38. The largest absolute Gasteiger partial charge is 0.326 e. The van der Waals surface area contributed by atoms with Gasteiger partial charge in [-0.2, -0.15) is 0 Å². The fraction of sp³-hybridized carbons (Fsp3) is 0.300. The van der Waals surface area contributed by atoms with Gasteiger partial charge in [0, 0.05) is 17.6 Å². The van der Waals surface area contributed by atoms with Gasteiger partial charge in [-0.3, -0.25) is 9.59 Å². The summed E-state index contributed by atoms with van der Waals surface area (Å²) < 4.78 is 25.6. The normalized spacial score (nSPS) is 21.8. The molecule has 2 aliphatic rings. The summed E-state index contributed by atoms with van der Waals surface area (Å²) in [5.74, 6) is -0.548. The highest BCUT2D eigenvalue weighted by Crippen LogP contribution is 2.32. The number of fused-ring (bicyclic) bond motifs is 2. The summed E-state index contributed by atoms with van der Waals surface area (Å²) in [6.45, 7) is 0.300. The van der Waals surface area contributed by atoms with E-state index < -0.39 is 16.1 Å². The summed E-state index contributed by atoms with van der Waals surface area (Å²) in [6.07, 6.45) is 1.78. The zero-order chi connectivity index (χ0) is 20.8. The summed E-state index contributed by atoms with van der Waals surface area (Å²) in [5.41, 5.74) is 2.63. The molecule has 4 rings (SSSR count). The Labute approximate surface area is 174 Å². The number of carbonyl (C=O) groups is 2. The maximum atomic E-state index is 13.2. The molecular formula is C20H20ClN3O4S. The molecule has 0 aliphatic carbocycles. The van der Waals surface area contributed by atoms with E-state index in [0.717, 1.165) is 17.4 Å². The third-order valence-electron chi connectivity index (χ3n) is 5.23. The van der Waals surface area contributed by atoms with Crippen molar-refractivity contribution in [2.24, 2.45) is 0 Å². The topological polar surface area (TPSA) is 95.6 Å². The maximum Gasteiger partial charge on any atom is 0.256 e. The molecule has 2 atom stereocenters. The first-order valence-electron chi connectivity index (χ1n) is 9.20. The molecule has 2 heterocycles. The van der Waals surface area contributed by atoms with Crippen LogP contribution >= 0.6 is 11.6 Å². The number of hydrogen-bond acceptors (Lipinski definition) is 4. The molecule has 152 valence electrons. The number of carbonyl (C=O) groups excluding carboxylic acids is 2. The molecule has 2 N–H and O–H groups in total. The van der Waals surface area contributed by atoms with Crippen molar-refractivity contribution in [2.45, 2.75) is 24.9 Å². The first-order valence-corrected chi connectivity index (χ1v) is 11.5. The predicted octanol–water partition coefficient (Wildman–Crippen LogP) is 2.48. The molecular weight excluding hydrogens is 414 g/mol. The molecule has 29 heavy (non-hydrogen) atoms. The van der Waals surface area contributed by atoms with Crippen molar-refractivity contribution >= 4 is 39.1 Å². The Hall–Kier alpha value is -2.42. The highest BCUT2D eigenvalue weighted by Gasteiger charge is 2.40. The third kappa shape index (κ3) is 4.14. The SMILES string of the molecule is CS(=O)(=O)N[C@@H]1CCN2C(=O)c3cc(-c4ccc(Cl)cc4)ccc3NC(=O)[C@@H]2C1. The van der Waals surface area contributed by atoms with Crippen molar-refractivity contribution < 1.29 is 18.0 Å². The molecule has 0 bridgehead atoms. The average molecular weight is 434 g/mol. The van der Waals surface area contributed by atoms with Gasteiger partial charge in [0.2, 0.25) is 15.9 Å². The van der Waals surface area contributed by atoms with Crippen LogP contribution < -0.4 is 10.0 Å². The number of benzene rings is 2. The Kier molecular flexibility index (Phi) is 5.10. The number of hydrogen-bond donors (Lipinski definition) is 2. The van der Waals surface area contributed by atoms with Crippen molar-refractivity contribution in [1.82, 2.24) is 9.62 Å². The number of nitrogens with one attached hydrogen (secondary N) is 2. The third-order valence-corrected chi connectivity index (χ3v) is 6.25. The fourth-order valence-corrected chi connectivity index (χ4v) is 4.84. The van der Waals surface area contributed by atoms with Crippen LogP contribution in [0.3, 0.4) is 0 Å². The average Bonchev–Trinajstić information content (AvgIpc) is 2.76. The summed E-state index contributed by atoms with van der Waals surface area (Å²) in [6, 6.07) is 11.5. The van der Waals surface area contributed by atoms with Gasteiger partial charge >= 0.3 is 0 Å². The highest BCUT2D eigenvalue weighted by molar-refractivity contribution is 7.88. The van der Waals surface area contributed by atoms with Crippen molar-refractivity contribution in [1.29, 1.82) is 0 Å². The number of sulfonamides is 1. The quantitative estimate of drug-likeness (QED) is 0.777. The van der Waals surface area contributed by atoms with Gasteiger partial charge in [-0.1, -0.05) is 29.8 Å². The Balaban J connectivity index is 1.65. The minimum absolute atomic E-state index is 0.239. The van der Waals surface area contributed by atoms with Crippen LogP contribution in [0, 0.1) is 0 Å². The van der Waals surface area contributed by atoms with Crippen LogP contribution in [0.25, 0.3) is 11.1 Å². The lowest BCUT2D eigenvalue weighted by Crippen LogP contribution is -2.54. The van der Waals surface area contributed by atoms with Crippen LogP contribution in [-0.2, 0) is 14.8 Å². The number of piperidine rings is 1. The molecule has 0 saturated carbocycles. The van der Waals surface area contributed by atoms with Crippen LogP contribution in [0.4, 0.5) is 5.69 Å². The molecule has 9 heteroatoms. The Morgan fingerprint density at radius 3 is 2.48 bits per heavy atom. The summed E-state index contributed by atoms with van der Waals surface area (Å²) in [5, 5.41) is 3.45. The minimum atomic E-state index is -3.39. The van der Waals surface area contributed by atoms with Gasteiger partial charge in [0.15, 0.2) is 0 Å². The van der Waals surface area contributed by atoms with Crippen LogP contribution in [0.2, 0.25) is 5.02 Å². The van der Waals surface area contributed by atoms with Crippen LogP contribution in [0.1, 0.15) is 23.2 Å². The second kappa shape index (κ2) is 7.44. The molecule has 0 aromatic heterocycles. The van der Waals surface area contributed by atoms with Gasteiger partial charge in [-0.15, -0.1) is 0 Å². The number of rotatable bonds is 3. The van der Waals surface area contributed by atoms with E-state index in [4.69, 9.17) is 11.6 Å². The zero-order valence-corrected chi connectivity index (χ0v) is 17.3. The Morgan fingerprint density at radius 2 is 1.79 bits per heavy atom. The predicted molar refractivity (Wildman–Crippen MR) is 111 cm³/mol. The smallest absolute Gasteiger partial charge is 0.256 e. The number of halogens is 1. The Bertz CT molecular complexity index is 1090. The van der Waals surface area contributed by atoms with Crippen LogP contribution in [0.5, 0.6) is 0 Å². The Morgan fingerprint density at radius 1 is 1.10 bits per heavy atom. The molecule has 2 amide bonds. The summed E-state index contributed by atoms with van der Waals surface area (Å²) in [7, 11) is -3.39. The lowest BCUT2D eigenvalue weighted by Gasteiger charge is -2.37. The van der Waals surface area contributed by atoms with E-state index >= 15 is 0 Å². The molecule has 0 spiro atoms. The number of nitrogens with zero attached hydrogens (tertiary/aromatic N) is 1. The fourth-order valence-electron chi connectivity index (χ4n) is 3.89. The maximum absolute atomic E-state index is 13.2. The van der Waals surface area contributed by atoms with Gasteiger partial charge in [0.1, 0.15) is 6.04 Å². The van der Waals surface area contributed by atoms with Gasteiger partial charge in [0.05, 0.1) is 17.5 Å². The second-order valence-corrected chi connectivity index (χ2v) is 9.60. The summed E-state index contributed by atoms with van der Waals surface area (Å²) in [4.78, 5) is 27.5. The van der Waals surface area contributed by atoms with E-state index in [2.05, 4.69) is 10.0 Å². The molecule has 7 nitrogen and oxygen atoms in total. The van der Waals surface area contributed by atoms with Crippen molar-refractivity contribution in [3.8, 4) is 11.1 Å². The van der Waals surface area contributed by atoms with Gasteiger partial charge in [-0.25, -0.2) is 13.1 Å². The van der Waals surface area contributed by atoms with Gasteiger partial charge in [-0.05, 0) is 48.2 Å². The first kappa shape index (κ1) is 19.9. The molecule has 2 aromatic rings. The lowest BCUT2D eigenvalue weighted by molar-refractivity contribution is -0.121. The van der Waals surface area contributed by atoms with E-state index in [0.29, 0.717) is 29.2 Å². The van der Waals surface area contributed by atoms with Gasteiger partial charge in [0.25, 0.3) is 5.91 Å². The van der Waals surface area contributed by atoms with Crippen LogP contribution in [-0.4, -0.2) is 50.0 Å².